The van der Waals surface area contributed by atoms with E-state index in [2.05, 4.69) is 26.1 Å². The Morgan fingerprint density at radius 1 is 1.25 bits per heavy atom. The molecule has 106 valence electrons. The van der Waals surface area contributed by atoms with Crippen LogP contribution in [0.5, 0.6) is 0 Å². The Labute approximate surface area is 129 Å². The third-order valence-electron chi connectivity index (χ3n) is 3.10. The van der Waals surface area contributed by atoms with Crippen molar-refractivity contribution >= 4 is 42.4 Å². The smallest absolute Gasteiger partial charge is 0.239 e. The lowest BCUT2D eigenvalue weighted by atomic mass is 10.2. The van der Waals surface area contributed by atoms with E-state index in [9.17, 15) is 8.42 Å². The number of anilines is 1. The Bertz CT molecular complexity index is 723. The first-order chi connectivity index (χ1) is 9.48. The van der Waals surface area contributed by atoms with Gasteiger partial charge in [-0.05, 0) is 25.0 Å². The highest BCUT2D eigenvalue weighted by Gasteiger charge is 2.39. The van der Waals surface area contributed by atoms with Crippen LogP contribution < -0.4 is 4.31 Å². The fourth-order valence-corrected chi connectivity index (χ4v) is 4.59. The molecule has 0 spiro atoms. The SMILES string of the molecule is CN(c1nnc(-c2ccc(Br)cc2)s1)S(=O)(=O)C1CC1. The van der Waals surface area contributed by atoms with Crippen LogP contribution in [0.4, 0.5) is 5.13 Å². The first-order valence-electron chi connectivity index (χ1n) is 6.05. The van der Waals surface area contributed by atoms with Gasteiger partial charge in [-0.25, -0.2) is 12.7 Å². The average molecular weight is 374 g/mol. The van der Waals surface area contributed by atoms with Gasteiger partial charge in [0.2, 0.25) is 15.2 Å². The molecular weight excluding hydrogens is 362 g/mol. The van der Waals surface area contributed by atoms with Gasteiger partial charge in [-0.1, -0.05) is 39.4 Å². The van der Waals surface area contributed by atoms with Crippen LogP contribution in [0.1, 0.15) is 12.8 Å². The molecule has 1 heterocycles. The van der Waals surface area contributed by atoms with Crippen molar-refractivity contribution in [3.63, 3.8) is 0 Å². The number of aromatic nitrogens is 2. The van der Waals surface area contributed by atoms with Crippen LogP contribution >= 0.6 is 27.3 Å². The summed E-state index contributed by atoms with van der Waals surface area (Å²) in [5, 5.41) is 8.95. The Morgan fingerprint density at radius 3 is 2.50 bits per heavy atom. The highest BCUT2D eigenvalue weighted by Crippen LogP contribution is 2.35. The van der Waals surface area contributed by atoms with Crippen LogP contribution in [-0.2, 0) is 10.0 Å². The molecule has 1 aliphatic rings. The molecule has 3 rings (SSSR count). The van der Waals surface area contributed by atoms with Crippen LogP contribution in [-0.4, -0.2) is 30.9 Å². The maximum atomic E-state index is 12.1. The second kappa shape index (κ2) is 5.09. The first-order valence-corrected chi connectivity index (χ1v) is 9.17. The summed E-state index contributed by atoms with van der Waals surface area (Å²) in [5.74, 6) is 0. The van der Waals surface area contributed by atoms with Gasteiger partial charge in [0, 0.05) is 17.1 Å². The van der Waals surface area contributed by atoms with E-state index in [0.29, 0.717) is 10.1 Å². The number of rotatable bonds is 4. The molecule has 0 aliphatic heterocycles. The van der Waals surface area contributed by atoms with E-state index in [0.717, 1.165) is 22.9 Å². The van der Waals surface area contributed by atoms with Crippen molar-refractivity contribution in [1.82, 2.24) is 10.2 Å². The third kappa shape index (κ3) is 2.59. The van der Waals surface area contributed by atoms with Gasteiger partial charge in [0.1, 0.15) is 5.01 Å². The first kappa shape index (κ1) is 14.0. The molecule has 1 aliphatic carbocycles. The fourth-order valence-electron chi connectivity index (χ4n) is 1.75. The highest BCUT2D eigenvalue weighted by atomic mass is 79.9. The zero-order valence-electron chi connectivity index (χ0n) is 10.7. The standard InChI is InChI=1S/C12H12BrN3O2S2/c1-16(20(17,18)10-6-7-10)12-15-14-11(19-12)8-2-4-9(13)5-3-8/h2-5,10H,6-7H2,1H3. The fraction of sp³-hybridized carbons (Fsp3) is 0.333. The molecule has 1 aromatic carbocycles. The van der Waals surface area contributed by atoms with E-state index in [4.69, 9.17) is 0 Å². The second-order valence-electron chi connectivity index (χ2n) is 4.61. The molecule has 8 heteroatoms. The Kier molecular flexibility index (Phi) is 3.55. The van der Waals surface area contributed by atoms with Crippen molar-refractivity contribution in [1.29, 1.82) is 0 Å². The quantitative estimate of drug-likeness (QED) is 0.826. The van der Waals surface area contributed by atoms with Crippen LogP contribution in [0.15, 0.2) is 28.7 Å². The molecule has 0 radical (unpaired) electrons. The number of hydrogen-bond donors (Lipinski definition) is 0. The van der Waals surface area contributed by atoms with Gasteiger partial charge in [-0.15, -0.1) is 10.2 Å². The number of sulfonamides is 1. The van der Waals surface area contributed by atoms with E-state index in [-0.39, 0.29) is 5.25 Å². The van der Waals surface area contributed by atoms with Crippen molar-refractivity contribution in [3.05, 3.63) is 28.7 Å². The van der Waals surface area contributed by atoms with E-state index >= 15 is 0 Å². The second-order valence-corrected chi connectivity index (χ2v) is 8.72. The van der Waals surface area contributed by atoms with E-state index in [1.54, 1.807) is 7.05 Å². The minimum atomic E-state index is -3.26. The zero-order chi connectivity index (χ0) is 14.3. The van der Waals surface area contributed by atoms with Crippen molar-refractivity contribution in [2.24, 2.45) is 0 Å². The van der Waals surface area contributed by atoms with Crippen LogP contribution in [0.25, 0.3) is 10.6 Å². The summed E-state index contributed by atoms with van der Waals surface area (Å²) in [6.45, 7) is 0. The molecule has 0 N–H and O–H groups in total. The molecule has 0 bridgehead atoms. The summed E-state index contributed by atoms with van der Waals surface area (Å²) in [6, 6.07) is 7.68. The average Bonchev–Trinajstić information content (AvgIpc) is 3.18. The summed E-state index contributed by atoms with van der Waals surface area (Å²) >= 11 is 4.66. The normalized spacial score (nSPS) is 15.3. The highest BCUT2D eigenvalue weighted by molar-refractivity contribution is 9.10. The molecule has 1 fully saturated rings. The van der Waals surface area contributed by atoms with Gasteiger partial charge in [0.05, 0.1) is 5.25 Å². The number of halogens is 1. The molecule has 0 saturated heterocycles. The summed E-state index contributed by atoms with van der Waals surface area (Å²) in [6.07, 6.45) is 1.48. The van der Waals surface area contributed by atoms with E-state index in [1.807, 2.05) is 24.3 Å². The number of benzene rings is 1. The van der Waals surface area contributed by atoms with Crippen molar-refractivity contribution in [3.8, 4) is 10.6 Å². The number of nitrogens with zero attached hydrogens (tertiary/aromatic N) is 3. The van der Waals surface area contributed by atoms with Gasteiger partial charge in [0.25, 0.3) is 0 Å². The summed E-state index contributed by atoms with van der Waals surface area (Å²) in [5.41, 5.74) is 0.925. The molecule has 1 saturated carbocycles. The largest absolute Gasteiger partial charge is 0.246 e. The minimum absolute atomic E-state index is 0.243. The lowest BCUT2D eigenvalue weighted by Gasteiger charge is -2.14. The van der Waals surface area contributed by atoms with Crippen LogP contribution in [0.3, 0.4) is 0 Å². The Balaban J connectivity index is 1.88. The molecule has 1 aromatic heterocycles. The van der Waals surface area contributed by atoms with Crippen LogP contribution in [0.2, 0.25) is 0 Å². The van der Waals surface area contributed by atoms with Gasteiger partial charge in [-0.3, -0.25) is 0 Å². The Morgan fingerprint density at radius 2 is 1.90 bits per heavy atom. The number of hydrogen-bond acceptors (Lipinski definition) is 5. The molecule has 5 nitrogen and oxygen atoms in total. The van der Waals surface area contributed by atoms with Crippen molar-refractivity contribution in [2.75, 3.05) is 11.4 Å². The lowest BCUT2D eigenvalue weighted by molar-refractivity contribution is 0.593. The van der Waals surface area contributed by atoms with E-state index in [1.165, 1.54) is 15.6 Å². The zero-order valence-corrected chi connectivity index (χ0v) is 13.9. The summed E-state index contributed by atoms with van der Waals surface area (Å²) in [4.78, 5) is 0. The molecule has 0 amide bonds. The summed E-state index contributed by atoms with van der Waals surface area (Å²) in [7, 11) is -1.72. The monoisotopic (exact) mass is 373 g/mol. The van der Waals surface area contributed by atoms with E-state index < -0.39 is 10.0 Å². The molecule has 0 atom stereocenters. The molecule has 2 aromatic rings. The predicted molar refractivity (Wildman–Crippen MR) is 83.4 cm³/mol. The third-order valence-corrected chi connectivity index (χ3v) is 7.05. The lowest BCUT2D eigenvalue weighted by Crippen LogP contribution is -2.29. The van der Waals surface area contributed by atoms with Gasteiger partial charge in [0.15, 0.2) is 0 Å². The van der Waals surface area contributed by atoms with Gasteiger partial charge in [-0.2, -0.15) is 0 Å². The minimum Gasteiger partial charge on any atom is -0.246 e. The van der Waals surface area contributed by atoms with Crippen molar-refractivity contribution in [2.45, 2.75) is 18.1 Å². The topological polar surface area (TPSA) is 63.2 Å². The van der Waals surface area contributed by atoms with Gasteiger partial charge >= 0.3 is 0 Å². The molecule has 0 unspecified atom stereocenters. The van der Waals surface area contributed by atoms with Crippen molar-refractivity contribution < 1.29 is 8.42 Å². The predicted octanol–water partition coefficient (Wildman–Crippen LogP) is 2.90. The maximum Gasteiger partial charge on any atom is 0.239 e. The Hall–Kier alpha value is -0.990. The van der Waals surface area contributed by atoms with Gasteiger partial charge < -0.3 is 0 Å². The summed E-state index contributed by atoms with van der Waals surface area (Å²) < 4.78 is 26.5. The molecular formula is C12H12BrN3O2S2. The maximum absolute atomic E-state index is 12.1. The van der Waals surface area contributed by atoms with Crippen LogP contribution in [0, 0.1) is 0 Å². The molecule has 20 heavy (non-hydrogen) atoms.